The maximum absolute atomic E-state index is 12.4. The number of hydrogen-bond acceptors (Lipinski definition) is 3. The third-order valence-electron chi connectivity index (χ3n) is 2.86. The molecule has 1 atom stereocenters. The molecule has 0 bridgehead atoms. The van der Waals surface area contributed by atoms with Crippen molar-refractivity contribution in [2.45, 2.75) is 12.3 Å². The van der Waals surface area contributed by atoms with Crippen molar-refractivity contribution in [1.29, 1.82) is 0 Å². The Labute approximate surface area is 108 Å². The first-order chi connectivity index (χ1) is 8.90. The number of hydrogen-bond donors (Lipinski definition) is 1. The lowest BCUT2D eigenvalue weighted by Gasteiger charge is -2.25. The molecule has 1 saturated heterocycles. The van der Waals surface area contributed by atoms with Crippen molar-refractivity contribution in [3.8, 4) is 5.75 Å². The minimum absolute atomic E-state index is 0.0905. The number of carbonyl (C=O) groups excluding carboxylic acids is 1. The van der Waals surface area contributed by atoms with Crippen LogP contribution in [0.5, 0.6) is 5.75 Å². The molecule has 19 heavy (non-hydrogen) atoms. The number of methoxy groups -OCH3 is 1. The smallest absolute Gasteiger partial charge is 0.406 e. The summed E-state index contributed by atoms with van der Waals surface area (Å²) < 4.78 is 42.3. The van der Waals surface area contributed by atoms with Gasteiger partial charge < -0.3 is 9.64 Å². The minimum atomic E-state index is -4.41. The van der Waals surface area contributed by atoms with Gasteiger partial charge in [-0.25, -0.2) is 0 Å². The van der Waals surface area contributed by atoms with Crippen molar-refractivity contribution in [3.63, 3.8) is 0 Å². The number of nitrogens with zero attached hydrogens (tertiary/aromatic N) is 1. The average molecular weight is 274 g/mol. The highest BCUT2D eigenvalue weighted by molar-refractivity contribution is 5.81. The van der Waals surface area contributed by atoms with Gasteiger partial charge in [-0.3, -0.25) is 10.1 Å². The Morgan fingerprint density at radius 1 is 1.37 bits per heavy atom. The van der Waals surface area contributed by atoms with Crippen LogP contribution in [-0.4, -0.2) is 37.2 Å². The number of carbonyl (C=O) groups is 1. The monoisotopic (exact) mass is 274 g/mol. The second-order valence-corrected chi connectivity index (χ2v) is 4.19. The van der Waals surface area contributed by atoms with Crippen LogP contribution in [0.4, 0.5) is 13.2 Å². The van der Waals surface area contributed by atoms with E-state index in [0.717, 1.165) is 4.90 Å². The van der Waals surface area contributed by atoms with Crippen LogP contribution in [0.1, 0.15) is 11.7 Å². The second kappa shape index (κ2) is 5.08. The first-order valence-electron chi connectivity index (χ1n) is 5.64. The summed E-state index contributed by atoms with van der Waals surface area (Å²) in [6, 6.07) is 6.56. The molecule has 1 N–H and O–H groups in total. The Balaban J connectivity index is 2.19. The molecule has 1 aromatic rings. The number of amides is 1. The Kier molecular flexibility index (Phi) is 3.66. The molecule has 0 aromatic heterocycles. The van der Waals surface area contributed by atoms with Crippen LogP contribution < -0.4 is 10.1 Å². The van der Waals surface area contributed by atoms with Crippen molar-refractivity contribution in [2.75, 3.05) is 20.2 Å². The maximum Gasteiger partial charge on any atom is 0.406 e. The molecule has 1 aliphatic heterocycles. The molecule has 0 radical (unpaired) electrons. The highest BCUT2D eigenvalue weighted by Crippen LogP contribution is 2.28. The molecule has 1 heterocycles. The van der Waals surface area contributed by atoms with E-state index in [1.807, 2.05) is 0 Å². The lowest BCUT2D eigenvalue weighted by molar-refractivity contribution is -0.161. The van der Waals surface area contributed by atoms with Crippen LogP contribution in [0, 0.1) is 0 Å². The highest BCUT2D eigenvalue weighted by atomic mass is 19.4. The summed E-state index contributed by atoms with van der Waals surface area (Å²) in [6.45, 7) is -1.34. The summed E-state index contributed by atoms with van der Waals surface area (Å²) in [7, 11) is 1.50. The zero-order valence-corrected chi connectivity index (χ0v) is 10.2. The van der Waals surface area contributed by atoms with E-state index in [4.69, 9.17) is 4.74 Å². The summed E-state index contributed by atoms with van der Waals surface area (Å²) in [5.41, 5.74) is 0.593. The number of benzene rings is 1. The number of alkyl halides is 3. The summed E-state index contributed by atoms with van der Waals surface area (Å²) in [5.74, 6) is 0.0496. The van der Waals surface area contributed by atoms with Crippen molar-refractivity contribution in [2.24, 2.45) is 0 Å². The van der Waals surface area contributed by atoms with Crippen molar-refractivity contribution in [3.05, 3.63) is 29.8 Å². The van der Waals surface area contributed by atoms with Gasteiger partial charge >= 0.3 is 6.18 Å². The van der Waals surface area contributed by atoms with E-state index in [1.165, 1.54) is 7.11 Å². The fraction of sp³-hybridized carbons (Fsp3) is 0.417. The van der Waals surface area contributed by atoms with Crippen molar-refractivity contribution >= 4 is 5.91 Å². The van der Waals surface area contributed by atoms with Gasteiger partial charge in [0.15, 0.2) is 0 Å². The van der Waals surface area contributed by atoms with Crippen LogP contribution in [0.2, 0.25) is 0 Å². The molecule has 4 nitrogen and oxygen atoms in total. The molecule has 7 heteroatoms. The highest BCUT2D eigenvalue weighted by Gasteiger charge is 2.40. The lowest BCUT2D eigenvalue weighted by Crippen LogP contribution is -2.38. The normalized spacial score (nSPS) is 19.9. The minimum Gasteiger partial charge on any atom is -0.497 e. The van der Waals surface area contributed by atoms with Gasteiger partial charge in [0.05, 0.1) is 13.7 Å². The van der Waals surface area contributed by atoms with Gasteiger partial charge in [-0.1, -0.05) is 12.1 Å². The SMILES string of the molecule is COc1ccc(C2NCC(=O)N2CC(F)(F)F)cc1. The predicted molar refractivity (Wildman–Crippen MR) is 61.5 cm³/mol. The van der Waals surface area contributed by atoms with Gasteiger partial charge in [-0.05, 0) is 17.7 Å². The fourth-order valence-electron chi connectivity index (χ4n) is 2.00. The maximum atomic E-state index is 12.4. The van der Waals surface area contributed by atoms with Crippen LogP contribution in [0.15, 0.2) is 24.3 Å². The molecular formula is C12H13F3N2O2. The molecule has 2 rings (SSSR count). The van der Waals surface area contributed by atoms with Gasteiger partial charge in [-0.15, -0.1) is 0 Å². The van der Waals surface area contributed by atoms with Gasteiger partial charge in [0.2, 0.25) is 5.91 Å². The number of ether oxygens (including phenoxy) is 1. The van der Waals surface area contributed by atoms with E-state index in [2.05, 4.69) is 5.32 Å². The number of nitrogens with one attached hydrogen (secondary N) is 1. The molecular weight excluding hydrogens is 261 g/mol. The molecule has 1 unspecified atom stereocenters. The third kappa shape index (κ3) is 3.17. The zero-order chi connectivity index (χ0) is 14.0. The van der Waals surface area contributed by atoms with Gasteiger partial charge in [0.25, 0.3) is 0 Å². The van der Waals surface area contributed by atoms with Gasteiger partial charge in [0, 0.05) is 0 Å². The largest absolute Gasteiger partial charge is 0.497 e. The molecule has 1 aromatic carbocycles. The van der Waals surface area contributed by atoms with Crippen LogP contribution in [0.25, 0.3) is 0 Å². The molecule has 1 amide bonds. The number of rotatable bonds is 3. The Morgan fingerprint density at radius 2 is 2.00 bits per heavy atom. The molecule has 0 saturated carbocycles. The molecule has 1 fully saturated rings. The van der Waals surface area contributed by atoms with Crippen LogP contribution in [-0.2, 0) is 4.79 Å². The first kappa shape index (κ1) is 13.7. The van der Waals surface area contributed by atoms with E-state index in [9.17, 15) is 18.0 Å². The summed E-state index contributed by atoms with van der Waals surface area (Å²) in [4.78, 5) is 12.3. The fourth-order valence-corrected chi connectivity index (χ4v) is 2.00. The Hall–Kier alpha value is -1.76. The Morgan fingerprint density at radius 3 is 2.53 bits per heavy atom. The van der Waals surface area contributed by atoms with E-state index >= 15 is 0 Å². The van der Waals surface area contributed by atoms with Gasteiger partial charge in [-0.2, -0.15) is 13.2 Å². The van der Waals surface area contributed by atoms with Crippen LogP contribution >= 0.6 is 0 Å². The lowest BCUT2D eigenvalue weighted by atomic mass is 10.1. The molecule has 104 valence electrons. The second-order valence-electron chi connectivity index (χ2n) is 4.19. The molecule has 0 spiro atoms. The van der Waals surface area contributed by atoms with E-state index in [-0.39, 0.29) is 6.54 Å². The van der Waals surface area contributed by atoms with Crippen molar-refractivity contribution < 1.29 is 22.7 Å². The van der Waals surface area contributed by atoms with Gasteiger partial charge in [0.1, 0.15) is 18.5 Å². The summed E-state index contributed by atoms with van der Waals surface area (Å²) >= 11 is 0. The standard InChI is InChI=1S/C12H13F3N2O2/c1-19-9-4-2-8(3-5-9)11-16-6-10(18)17(11)7-12(13,14)15/h2-5,11,16H,6-7H2,1H3. The average Bonchev–Trinajstić information content (AvgIpc) is 2.69. The molecule has 0 aliphatic carbocycles. The van der Waals surface area contributed by atoms with E-state index in [1.54, 1.807) is 24.3 Å². The topological polar surface area (TPSA) is 41.6 Å². The third-order valence-corrected chi connectivity index (χ3v) is 2.86. The summed E-state index contributed by atoms with van der Waals surface area (Å²) in [5, 5.41) is 2.77. The summed E-state index contributed by atoms with van der Waals surface area (Å²) in [6.07, 6.45) is -5.16. The molecule has 1 aliphatic rings. The van der Waals surface area contributed by atoms with Crippen molar-refractivity contribution in [1.82, 2.24) is 10.2 Å². The van der Waals surface area contributed by atoms with Crippen LogP contribution in [0.3, 0.4) is 0 Å². The Bertz CT molecular complexity index is 459. The first-order valence-corrected chi connectivity index (χ1v) is 5.64. The zero-order valence-electron chi connectivity index (χ0n) is 10.2. The van der Waals surface area contributed by atoms with E-state index < -0.39 is 24.8 Å². The predicted octanol–water partition coefficient (Wildman–Crippen LogP) is 1.69. The van der Waals surface area contributed by atoms with E-state index in [0.29, 0.717) is 11.3 Å². The quantitative estimate of drug-likeness (QED) is 0.912. The number of halogens is 3.